The number of carboxylic acids is 1. The molecule has 3 N–H and O–H groups in total. The molecular formula is C19H13ClF4N4O3S. The lowest BCUT2D eigenvalue weighted by atomic mass is 10.1. The van der Waals surface area contributed by atoms with Crippen molar-refractivity contribution in [2.75, 3.05) is 17.2 Å². The van der Waals surface area contributed by atoms with Crippen molar-refractivity contribution in [2.45, 2.75) is 12.6 Å². The first-order chi connectivity index (χ1) is 15.1. The molecule has 0 bridgehead atoms. The highest BCUT2D eigenvalue weighted by atomic mass is 35.5. The summed E-state index contributed by atoms with van der Waals surface area (Å²) in [5, 5.41) is 15.2. The number of benzene rings is 1. The molecule has 0 saturated heterocycles. The van der Waals surface area contributed by atoms with Gasteiger partial charge in [0.15, 0.2) is 5.13 Å². The lowest BCUT2D eigenvalue weighted by Crippen LogP contribution is -2.13. The predicted molar refractivity (Wildman–Crippen MR) is 110 cm³/mol. The molecule has 0 saturated carbocycles. The average molecular weight is 489 g/mol. The SMILES string of the molecule is O=C(O)CCNc1ncc(C(=O)Nc2nc(-c3cccc(C(F)(F)F)c3F)cs2)cc1Cl. The molecule has 2 heterocycles. The van der Waals surface area contributed by atoms with E-state index in [4.69, 9.17) is 16.7 Å². The minimum atomic E-state index is -4.85. The normalized spacial score (nSPS) is 11.3. The van der Waals surface area contributed by atoms with Gasteiger partial charge in [0, 0.05) is 23.7 Å². The lowest BCUT2D eigenvalue weighted by Gasteiger charge is -2.10. The number of aromatic nitrogens is 2. The van der Waals surface area contributed by atoms with E-state index in [9.17, 15) is 27.2 Å². The summed E-state index contributed by atoms with van der Waals surface area (Å²) in [5.41, 5.74) is -1.77. The van der Waals surface area contributed by atoms with Crippen LogP contribution in [-0.2, 0) is 11.0 Å². The van der Waals surface area contributed by atoms with E-state index in [0.29, 0.717) is 6.07 Å². The van der Waals surface area contributed by atoms with Gasteiger partial charge in [0.2, 0.25) is 0 Å². The molecule has 168 valence electrons. The molecule has 1 amide bonds. The maximum absolute atomic E-state index is 14.3. The van der Waals surface area contributed by atoms with E-state index in [1.54, 1.807) is 0 Å². The monoisotopic (exact) mass is 488 g/mol. The number of rotatable bonds is 7. The predicted octanol–water partition coefficient (Wildman–Crippen LogP) is 5.16. The third kappa shape index (κ3) is 5.51. The molecule has 0 aliphatic heterocycles. The minimum absolute atomic E-state index is 0.0293. The molecule has 0 unspecified atom stereocenters. The summed E-state index contributed by atoms with van der Waals surface area (Å²) >= 11 is 6.94. The summed E-state index contributed by atoms with van der Waals surface area (Å²) in [4.78, 5) is 30.9. The maximum Gasteiger partial charge on any atom is 0.419 e. The van der Waals surface area contributed by atoms with E-state index in [1.165, 1.54) is 17.6 Å². The number of alkyl halides is 3. The van der Waals surface area contributed by atoms with Gasteiger partial charge in [-0.25, -0.2) is 14.4 Å². The van der Waals surface area contributed by atoms with Gasteiger partial charge in [-0.1, -0.05) is 17.7 Å². The van der Waals surface area contributed by atoms with Crippen LogP contribution in [0.15, 0.2) is 35.8 Å². The zero-order chi connectivity index (χ0) is 23.5. The fraction of sp³-hybridized carbons (Fsp3) is 0.158. The van der Waals surface area contributed by atoms with Crippen LogP contribution in [0, 0.1) is 5.82 Å². The average Bonchev–Trinajstić information content (AvgIpc) is 3.16. The molecule has 7 nitrogen and oxygen atoms in total. The first-order valence-corrected chi connectivity index (χ1v) is 10.1. The summed E-state index contributed by atoms with van der Waals surface area (Å²) in [6, 6.07) is 4.16. The maximum atomic E-state index is 14.3. The largest absolute Gasteiger partial charge is 0.481 e. The van der Waals surface area contributed by atoms with Gasteiger partial charge < -0.3 is 10.4 Å². The highest BCUT2D eigenvalue weighted by Crippen LogP contribution is 2.36. The van der Waals surface area contributed by atoms with Crippen molar-refractivity contribution in [1.82, 2.24) is 9.97 Å². The van der Waals surface area contributed by atoms with E-state index < -0.39 is 29.4 Å². The second-order valence-corrected chi connectivity index (χ2v) is 7.55. The number of nitrogens with zero attached hydrogens (tertiary/aromatic N) is 2. The van der Waals surface area contributed by atoms with Gasteiger partial charge in [0.1, 0.15) is 11.6 Å². The van der Waals surface area contributed by atoms with E-state index in [1.807, 2.05) is 0 Å². The fourth-order valence-electron chi connectivity index (χ4n) is 2.55. The molecule has 32 heavy (non-hydrogen) atoms. The summed E-state index contributed by atoms with van der Waals surface area (Å²) in [6.07, 6.45) is -3.81. The van der Waals surface area contributed by atoms with E-state index in [0.717, 1.165) is 23.5 Å². The number of hydrogen-bond donors (Lipinski definition) is 3. The molecule has 13 heteroatoms. The van der Waals surface area contributed by atoms with E-state index >= 15 is 0 Å². The third-order valence-electron chi connectivity index (χ3n) is 4.04. The Labute approximate surface area is 187 Å². The molecule has 3 aromatic rings. The number of anilines is 2. The van der Waals surface area contributed by atoms with Crippen LogP contribution < -0.4 is 10.6 Å². The van der Waals surface area contributed by atoms with Crippen LogP contribution in [0.5, 0.6) is 0 Å². The van der Waals surface area contributed by atoms with Crippen molar-refractivity contribution in [3.63, 3.8) is 0 Å². The number of pyridine rings is 1. The van der Waals surface area contributed by atoms with Crippen LogP contribution in [0.1, 0.15) is 22.3 Å². The zero-order valence-electron chi connectivity index (χ0n) is 15.8. The summed E-state index contributed by atoms with van der Waals surface area (Å²) in [7, 11) is 0. The third-order valence-corrected chi connectivity index (χ3v) is 5.09. The second-order valence-electron chi connectivity index (χ2n) is 6.28. The standard InChI is InChI=1S/C19H13ClF4N4O3S/c20-12-6-9(7-26-16(12)25-5-4-14(29)30)17(31)28-18-27-13(8-32-18)10-2-1-3-11(15(10)21)19(22,23)24/h1-3,6-8H,4-5H2,(H,25,26)(H,29,30)(H,27,28,31). The molecule has 0 atom stereocenters. The van der Waals surface area contributed by atoms with Crippen LogP contribution in [-0.4, -0.2) is 33.5 Å². The van der Waals surface area contributed by atoms with Gasteiger partial charge in [-0.2, -0.15) is 13.2 Å². The van der Waals surface area contributed by atoms with Crippen LogP contribution in [0.2, 0.25) is 5.02 Å². The Bertz CT molecular complexity index is 1170. The minimum Gasteiger partial charge on any atom is -0.481 e. The summed E-state index contributed by atoms with van der Waals surface area (Å²) in [5.74, 6) is -2.91. The topological polar surface area (TPSA) is 104 Å². The zero-order valence-corrected chi connectivity index (χ0v) is 17.4. The molecule has 2 aromatic heterocycles. The first-order valence-electron chi connectivity index (χ1n) is 8.80. The van der Waals surface area contributed by atoms with Crippen molar-refractivity contribution in [2.24, 2.45) is 0 Å². The summed E-state index contributed by atoms with van der Waals surface area (Å²) in [6.45, 7) is 0.0849. The van der Waals surface area contributed by atoms with Gasteiger partial charge in [0.25, 0.3) is 5.91 Å². The first kappa shape index (κ1) is 23.4. The van der Waals surface area contributed by atoms with E-state index in [-0.39, 0.29) is 45.8 Å². The van der Waals surface area contributed by atoms with Crippen LogP contribution in [0.3, 0.4) is 0 Å². The Morgan fingerprint density at radius 1 is 1.25 bits per heavy atom. The quantitative estimate of drug-likeness (QED) is 0.397. The number of carbonyl (C=O) groups excluding carboxylic acids is 1. The van der Waals surface area contributed by atoms with Gasteiger partial charge in [0.05, 0.1) is 28.3 Å². The van der Waals surface area contributed by atoms with Crippen molar-refractivity contribution < 1.29 is 32.3 Å². The van der Waals surface area contributed by atoms with Crippen molar-refractivity contribution in [3.05, 3.63) is 57.8 Å². The molecule has 0 spiro atoms. The molecular weight excluding hydrogens is 476 g/mol. The number of carbonyl (C=O) groups is 2. The highest BCUT2D eigenvalue weighted by Gasteiger charge is 2.35. The second kappa shape index (κ2) is 9.49. The number of hydrogen-bond acceptors (Lipinski definition) is 6. The van der Waals surface area contributed by atoms with Crippen molar-refractivity contribution >= 4 is 45.8 Å². The Kier molecular flexibility index (Phi) is 6.94. The lowest BCUT2D eigenvalue weighted by molar-refractivity contribution is -0.140. The fourth-order valence-corrected chi connectivity index (χ4v) is 3.49. The molecule has 0 aliphatic rings. The number of halogens is 5. The number of thiazole rings is 1. The summed E-state index contributed by atoms with van der Waals surface area (Å²) < 4.78 is 53.0. The number of amides is 1. The van der Waals surface area contributed by atoms with Gasteiger partial charge in [-0.3, -0.25) is 14.9 Å². The Morgan fingerprint density at radius 2 is 2.00 bits per heavy atom. The molecule has 0 aliphatic carbocycles. The van der Waals surface area contributed by atoms with Crippen LogP contribution in [0.25, 0.3) is 11.3 Å². The van der Waals surface area contributed by atoms with Crippen molar-refractivity contribution in [1.29, 1.82) is 0 Å². The Balaban J connectivity index is 1.73. The van der Waals surface area contributed by atoms with E-state index in [2.05, 4.69) is 20.6 Å². The number of carboxylic acid groups (broad SMARTS) is 1. The van der Waals surface area contributed by atoms with Gasteiger partial charge in [-0.05, 0) is 18.2 Å². The van der Waals surface area contributed by atoms with Crippen LogP contribution in [0.4, 0.5) is 28.5 Å². The Morgan fingerprint density at radius 3 is 2.66 bits per heavy atom. The van der Waals surface area contributed by atoms with Gasteiger partial charge in [-0.15, -0.1) is 11.3 Å². The van der Waals surface area contributed by atoms with Crippen molar-refractivity contribution in [3.8, 4) is 11.3 Å². The van der Waals surface area contributed by atoms with Gasteiger partial charge >= 0.3 is 12.1 Å². The smallest absolute Gasteiger partial charge is 0.419 e. The molecule has 0 radical (unpaired) electrons. The Hall–Kier alpha value is -3.25. The molecule has 3 rings (SSSR count). The number of aliphatic carboxylic acids is 1. The van der Waals surface area contributed by atoms with Crippen LogP contribution >= 0.6 is 22.9 Å². The highest BCUT2D eigenvalue weighted by molar-refractivity contribution is 7.14. The molecule has 0 fully saturated rings. The number of nitrogens with one attached hydrogen (secondary N) is 2. The molecule has 1 aromatic carbocycles.